The molecule has 2 aromatic heterocycles. The van der Waals surface area contributed by atoms with Crippen molar-refractivity contribution < 1.29 is 4.74 Å². The molecule has 0 aliphatic rings. The molecule has 0 aliphatic heterocycles. The molecule has 29 heavy (non-hydrogen) atoms. The van der Waals surface area contributed by atoms with Crippen LogP contribution in [0.15, 0.2) is 53.6 Å². The van der Waals surface area contributed by atoms with Crippen LogP contribution >= 0.6 is 23.4 Å². The maximum absolute atomic E-state index is 6.28. The van der Waals surface area contributed by atoms with Crippen molar-refractivity contribution in [1.29, 1.82) is 0 Å². The Labute approximate surface area is 180 Å². The molecule has 0 saturated heterocycles. The van der Waals surface area contributed by atoms with E-state index in [1.54, 1.807) is 6.20 Å². The largest absolute Gasteiger partial charge is 0.491 e. The summed E-state index contributed by atoms with van der Waals surface area (Å²) in [4.78, 5) is 9.21. The van der Waals surface area contributed by atoms with Crippen LogP contribution in [0.25, 0.3) is 33.1 Å². The molecule has 0 atom stereocenters. The number of ether oxygens (including phenoxy) is 1. The molecule has 0 amide bonds. The van der Waals surface area contributed by atoms with E-state index in [4.69, 9.17) is 16.3 Å². The summed E-state index contributed by atoms with van der Waals surface area (Å²) in [5, 5.41) is 5.88. The number of benzene rings is 2. The summed E-state index contributed by atoms with van der Waals surface area (Å²) >= 11 is 8.13. The second-order valence-corrected chi connectivity index (χ2v) is 8.58. The fourth-order valence-corrected chi connectivity index (χ4v) is 4.42. The van der Waals surface area contributed by atoms with Gasteiger partial charge >= 0.3 is 0 Å². The SMILES string of the molecule is CCSc1cccc(-c2ccc(OCCCNC)c3[nH]c4ncc(Cl)cc4c23)c1. The Morgan fingerprint density at radius 2 is 2.10 bits per heavy atom. The number of hydrogen-bond acceptors (Lipinski definition) is 4. The zero-order chi connectivity index (χ0) is 20.2. The van der Waals surface area contributed by atoms with E-state index in [0.717, 1.165) is 52.0 Å². The van der Waals surface area contributed by atoms with Gasteiger partial charge in [0, 0.05) is 21.9 Å². The zero-order valence-corrected chi connectivity index (χ0v) is 18.2. The molecule has 150 valence electrons. The van der Waals surface area contributed by atoms with Crippen molar-refractivity contribution in [3.8, 4) is 16.9 Å². The van der Waals surface area contributed by atoms with Gasteiger partial charge in [-0.05, 0) is 67.2 Å². The molecule has 2 aromatic carbocycles. The van der Waals surface area contributed by atoms with E-state index in [1.807, 2.05) is 30.9 Å². The van der Waals surface area contributed by atoms with Gasteiger partial charge in [-0.25, -0.2) is 4.98 Å². The molecule has 0 fully saturated rings. The minimum atomic E-state index is 0.625. The summed E-state index contributed by atoms with van der Waals surface area (Å²) in [6, 6.07) is 14.8. The van der Waals surface area contributed by atoms with Gasteiger partial charge in [0.1, 0.15) is 11.4 Å². The number of H-pyrrole nitrogens is 1. The first-order valence-electron chi connectivity index (χ1n) is 9.82. The third-order valence-electron chi connectivity index (χ3n) is 4.82. The number of fused-ring (bicyclic) bond motifs is 3. The fraction of sp³-hybridized carbons (Fsp3) is 0.261. The van der Waals surface area contributed by atoms with Crippen LogP contribution in [0.4, 0.5) is 0 Å². The number of nitrogens with zero attached hydrogens (tertiary/aromatic N) is 1. The summed E-state index contributed by atoms with van der Waals surface area (Å²) in [7, 11) is 1.95. The van der Waals surface area contributed by atoms with Crippen LogP contribution in [0.2, 0.25) is 5.02 Å². The molecule has 4 nitrogen and oxygen atoms in total. The number of aromatic nitrogens is 2. The second-order valence-electron chi connectivity index (χ2n) is 6.80. The average Bonchev–Trinajstić information content (AvgIpc) is 3.11. The lowest BCUT2D eigenvalue weighted by molar-refractivity contribution is 0.313. The third-order valence-corrected chi connectivity index (χ3v) is 5.90. The van der Waals surface area contributed by atoms with Gasteiger partial charge < -0.3 is 15.0 Å². The molecule has 6 heteroatoms. The molecule has 0 aliphatic carbocycles. The van der Waals surface area contributed by atoms with Gasteiger partial charge in [0.15, 0.2) is 0 Å². The van der Waals surface area contributed by atoms with Gasteiger partial charge in [-0.15, -0.1) is 11.8 Å². The van der Waals surface area contributed by atoms with Crippen LogP contribution < -0.4 is 10.1 Å². The normalized spacial score (nSPS) is 11.4. The summed E-state index contributed by atoms with van der Waals surface area (Å²) in [6.45, 7) is 3.75. The van der Waals surface area contributed by atoms with Gasteiger partial charge in [0.25, 0.3) is 0 Å². The van der Waals surface area contributed by atoms with Gasteiger partial charge in [0.05, 0.1) is 17.1 Å². The van der Waals surface area contributed by atoms with Gasteiger partial charge in [-0.1, -0.05) is 30.7 Å². The van der Waals surface area contributed by atoms with E-state index in [2.05, 4.69) is 52.5 Å². The van der Waals surface area contributed by atoms with Crippen LogP contribution in [0, 0.1) is 0 Å². The minimum absolute atomic E-state index is 0.625. The standard InChI is InChI=1S/C23H24ClN3OS/c1-3-29-17-7-4-6-15(12-17)18-8-9-20(28-11-5-10-25-2)22-21(18)19-13-16(24)14-26-23(19)27-22/h4,6-9,12-14,25H,3,5,10-11H2,1-2H3,(H,26,27). The van der Waals surface area contributed by atoms with E-state index in [-0.39, 0.29) is 0 Å². The summed E-state index contributed by atoms with van der Waals surface area (Å²) < 4.78 is 6.10. The van der Waals surface area contributed by atoms with Crippen molar-refractivity contribution >= 4 is 45.3 Å². The van der Waals surface area contributed by atoms with Crippen LogP contribution in [0.5, 0.6) is 5.75 Å². The Morgan fingerprint density at radius 3 is 2.93 bits per heavy atom. The van der Waals surface area contributed by atoms with Crippen LogP contribution in [-0.4, -0.2) is 35.9 Å². The first-order valence-corrected chi connectivity index (χ1v) is 11.2. The zero-order valence-electron chi connectivity index (χ0n) is 16.6. The minimum Gasteiger partial charge on any atom is -0.491 e. The third kappa shape index (κ3) is 4.22. The van der Waals surface area contributed by atoms with Gasteiger partial charge in [-0.2, -0.15) is 0 Å². The molecule has 0 saturated carbocycles. The maximum atomic E-state index is 6.28. The van der Waals surface area contributed by atoms with Crippen LogP contribution in [0.1, 0.15) is 13.3 Å². The quantitative estimate of drug-likeness (QED) is 0.263. The number of rotatable bonds is 8. The highest BCUT2D eigenvalue weighted by Crippen LogP contribution is 2.40. The highest BCUT2D eigenvalue weighted by Gasteiger charge is 2.16. The highest BCUT2D eigenvalue weighted by atomic mass is 35.5. The molecule has 0 unspecified atom stereocenters. The molecule has 4 aromatic rings. The Balaban J connectivity index is 1.87. The predicted molar refractivity (Wildman–Crippen MR) is 124 cm³/mol. The molecule has 2 heterocycles. The van der Waals surface area contributed by atoms with E-state index in [1.165, 1.54) is 10.5 Å². The number of pyridine rings is 1. The van der Waals surface area contributed by atoms with Crippen molar-refractivity contribution in [1.82, 2.24) is 15.3 Å². The molecule has 0 spiro atoms. The molecule has 0 bridgehead atoms. The van der Waals surface area contributed by atoms with Gasteiger partial charge in [-0.3, -0.25) is 0 Å². The van der Waals surface area contributed by atoms with Crippen molar-refractivity contribution in [2.75, 3.05) is 26.0 Å². The lowest BCUT2D eigenvalue weighted by atomic mass is 9.99. The number of nitrogens with one attached hydrogen (secondary N) is 2. The Hall–Kier alpha value is -2.21. The lowest BCUT2D eigenvalue weighted by Crippen LogP contribution is -2.11. The molecular weight excluding hydrogens is 402 g/mol. The van der Waals surface area contributed by atoms with Gasteiger partial charge in [0.2, 0.25) is 0 Å². The fourth-order valence-electron chi connectivity index (χ4n) is 3.55. The van der Waals surface area contributed by atoms with Crippen LogP contribution in [0.3, 0.4) is 0 Å². The summed E-state index contributed by atoms with van der Waals surface area (Å²) in [5.74, 6) is 1.89. The first kappa shape index (κ1) is 20.1. The van der Waals surface area contributed by atoms with E-state index >= 15 is 0 Å². The second kappa shape index (κ2) is 9.08. The summed E-state index contributed by atoms with van der Waals surface area (Å²) in [6.07, 6.45) is 2.62. The van der Waals surface area contributed by atoms with Crippen molar-refractivity contribution in [3.63, 3.8) is 0 Å². The number of thioether (sulfide) groups is 1. The Bertz CT molecular complexity index is 1140. The monoisotopic (exact) mass is 425 g/mol. The Kier molecular flexibility index (Phi) is 6.28. The lowest BCUT2D eigenvalue weighted by Gasteiger charge is -2.11. The number of halogens is 1. The average molecular weight is 426 g/mol. The van der Waals surface area contributed by atoms with E-state index < -0.39 is 0 Å². The van der Waals surface area contributed by atoms with E-state index in [0.29, 0.717) is 11.6 Å². The van der Waals surface area contributed by atoms with E-state index in [9.17, 15) is 0 Å². The molecule has 4 rings (SSSR count). The van der Waals surface area contributed by atoms with Crippen molar-refractivity contribution in [3.05, 3.63) is 53.7 Å². The Morgan fingerprint density at radius 1 is 1.21 bits per heavy atom. The predicted octanol–water partition coefficient (Wildman–Crippen LogP) is 6.14. The number of aromatic amines is 1. The first-order chi connectivity index (χ1) is 14.2. The van der Waals surface area contributed by atoms with Crippen molar-refractivity contribution in [2.24, 2.45) is 0 Å². The smallest absolute Gasteiger partial charge is 0.143 e. The topological polar surface area (TPSA) is 49.9 Å². The molecular formula is C23H24ClN3OS. The maximum Gasteiger partial charge on any atom is 0.143 e. The van der Waals surface area contributed by atoms with Crippen molar-refractivity contribution in [2.45, 2.75) is 18.2 Å². The molecule has 2 N–H and O–H groups in total. The molecule has 0 radical (unpaired) electrons. The summed E-state index contributed by atoms with van der Waals surface area (Å²) in [5.41, 5.74) is 4.11. The van der Waals surface area contributed by atoms with Crippen LogP contribution in [-0.2, 0) is 0 Å². The number of hydrogen-bond donors (Lipinski definition) is 2. The highest BCUT2D eigenvalue weighted by molar-refractivity contribution is 7.99.